The average molecular weight is 228 g/mol. The van der Waals surface area contributed by atoms with Crippen LogP contribution in [-0.2, 0) is 17.8 Å². The lowest BCUT2D eigenvalue weighted by Crippen LogP contribution is -2.15. The number of fused-ring (bicyclic) bond motifs is 1. The van der Waals surface area contributed by atoms with Gasteiger partial charge in [0.1, 0.15) is 11.0 Å². The van der Waals surface area contributed by atoms with Crippen molar-refractivity contribution in [1.82, 2.24) is 19.9 Å². The first-order chi connectivity index (χ1) is 7.16. The first kappa shape index (κ1) is 10.0. The van der Waals surface area contributed by atoms with Gasteiger partial charge in [0.15, 0.2) is 0 Å². The largest absolute Gasteiger partial charge is 0.410 e. The second-order valence-electron chi connectivity index (χ2n) is 2.87. The molecule has 1 aromatic carbocycles. The molecule has 0 fully saturated rings. The monoisotopic (exact) mass is 228 g/mol. The summed E-state index contributed by atoms with van der Waals surface area (Å²) in [6, 6.07) is 5.04. The van der Waals surface area contributed by atoms with Gasteiger partial charge in [-0.05, 0) is 22.9 Å². The van der Waals surface area contributed by atoms with Gasteiger partial charge < -0.3 is 5.21 Å². The fourth-order valence-corrected chi connectivity index (χ4v) is 1.50. The third kappa shape index (κ3) is 2.12. The van der Waals surface area contributed by atoms with Crippen molar-refractivity contribution in [1.29, 1.82) is 0 Å². The zero-order valence-corrected chi connectivity index (χ0v) is 8.31. The molecule has 80 valence electrons. The summed E-state index contributed by atoms with van der Waals surface area (Å²) in [5.41, 5.74) is 1.77. The Morgan fingerprint density at radius 2 is 2.33 bits per heavy atom. The maximum absolute atomic E-state index is 10.4. The van der Waals surface area contributed by atoms with Crippen molar-refractivity contribution < 1.29 is 14.0 Å². The molecule has 1 aromatic heterocycles. The van der Waals surface area contributed by atoms with Gasteiger partial charge in [-0.2, -0.15) is 0 Å². The van der Waals surface area contributed by atoms with E-state index >= 15 is 0 Å². The quantitative estimate of drug-likeness (QED) is 0.503. The van der Waals surface area contributed by atoms with Gasteiger partial charge in [0, 0.05) is 6.54 Å². The van der Waals surface area contributed by atoms with Gasteiger partial charge in [0.05, 0.1) is 0 Å². The van der Waals surface area contributed by atoms with E-state index in [0.29, 0.717) is 15.9 Å². The zero-order valence-electron chi connectivity index (χ0n) is 7.49. The van der Waals surface area contributed by atoms with Crippen molar-refractivity contribution in [2.45, 2.75) is 6.54 Å². The van der Waals surface area contributed by atoms with Crippen molar-refractivity contribution in [3.05, 3.63) is 23.8 Å². The molecule has 0 saturated heterocycles. The highest BCUT2D eigenvalue weighted by atomic mass is 32.2. The van der Waals surface area contributed by atoms with Gasteiger partial charge in [-0.15, -0.1) is 5.10 Å². The van der Waals surface area contributed by atoms with E-state index in [1.165, 1.54) is 0 Å². The Morgan fingerprint density at radius 1 is 1.53 bits per heavy atom. The number of aromatic nitrogens is 3. The molecule has 0 aliphatic heterocycles. The van der Waals surface area contributed by atoms with Gasteiger partial charge >= 0.3 is 0 Å². The summed E-state index contributed by atoms with van der Waals surface area (Å²) in [7, 11) is 0. The second kappa shape index (κ2) is 3.93. The lowest BCUT2D eigenvalue weighted by Gasteiger charge is -2.00. The zero-order chi connectivity index (χ0) is 10.8. The van der Waals surface area contributed by atoms with E-state index in [1.807, 2.05) is 0 Å². The van der Waals surface area contributed by atoms with Crippen LogP contribution in [-0.4, -0.2) is 29.1 Å². The summed E-state index contributed by atoms with van der Waals surface area (Å²) in [6.07, 6.45) is 0. The molecule has 1 heterocycles. The second-order valence-corrected chi connectivity index (χ2v) is 3.66. The molecular formula is C7H8N4O3S. The molecule has 0 radical (unpaired) electrons. The Morgan fingerprint density at radius 3 is 3.07 bits per heavy atom. The van der Waals surface area contributed by atoms with Gasteiger partial charge in [0.2, 0.25) is 11.3 Å². The van der Waals surface area contributed by atoms with Crippen LogP contribution >= 0.6 is 0 Å². The summed E-state index contributed by atoms with van der Waals surface area (Å²) in [4.78, 5) is 0.661. The van der Waals surface area contributed by atoms with Crippen LogP contribution in [0.5, 0.6) is 0 Å². The fourth-order valence-electron chi connectivity index (χ4n) is 1.21. The molecule has 2 rings (SSSR count). The van der Waals surface area contributed by atoms with Gasteiger partial charge in [-0.1, -0.05) is 10.9 Å². The standard InChI is InChI=1S/C7H8N4O3S/c12-11-7-3-5(4-8-15(13)14)1-2-6(7)9-10-11/h1-3,8,12H,4H2,(H,13,14). The molecule has 8 heteroatoms. The van der Waals surface area contributed by atoms with Crippen LogP contribution in [0.15, 0.2) is 18.2 Å². The van der Waals surface area contributed by atoms with Crippen LogP contribution in [0.2, 0.25) is 0 Å². The number of benzene rings is 1. The molecule has 0 aliphatic rings. The maximum Gasteiger partial charge on any atom is 0.232 e. The highest BCUT2D eigenvalue weighted by Crippen LogP contribution is 2.12. The SMILES string of the molecule is O=S(O)NCc1ccc2nnn(O)c2c1. The van der Waals surface area contributed by atoms with Crippen molar-refractivity contribution in [2.75, 3.05) is 0 Å². The summed E-state index contributed by atoms with van der Waals surface area (Å²) < 4.78 is 21.2. The molecule has 0 bridgehead atoms. The van der Waals surface area contributed by atoms with Crippen molar-refractivity contribution in [3.63, 3.8) is 0 Å². The average Bonchev–Trinajstić information content (AvgIpc) is 2.57. The molecule has 1 unspecified atom stereocenters. The van der Waals surface area contributed by atoms with Crippen LogP contribution in [0, 0.1) is 0 Å². The molecule has 0 spiro atoms. The van der Waals surface area contributed by atoms with E-state index in [2.05, 4.69) is 15.0 Å². The smallest absolute Gasteiger partial charge is 0.232 e. The van der Waals surface area contributed by atoms with E-state index in [1.54, 1.807) is 18.2 Å². The van der Waals surface area contributed by atoms with Crippen LogP contribution < -0.4 is 4.72 Å². The Bertz CT molecular complexity index is 512. The Kier molecular flexibility index (Phi) is 2.62. The van der Waals surface area contributed by atoms with E-state index in [-0.39, 0.29) is 6.54 Å². The Hall–Kier alpha value is -1.51. The normalized spacial score (nSPS) is 13.1. The predicted molar refractivity (Wildman–Crippen MR) is 52.3 cm³/mol. The molecule has 0 aliphatic carbocycles. The molecule has 0 amide bonds. The topological polar surface area (TPSA) is 100 Å². The molecule has 0 saturated carbocycles. The third-order valence-electron chi connectivity index (χ3n) is 1.89. The highest BCUT2D eigenvalue weighted by molar-refractivity contribution is 7.77. The number of rotatable bonds is 3. The predicted octanol–water partition coefficient (Wildman–Crippen LogP) is -0.105. The van der Waals surface area contributed by atoms with Crippen molar-refractivity contribution in [3.8, 4) is 0 Å². The number of hydrogen-bond donors (Lipinski definition) is 3. The third-order valence-corrected chi connectivity index (χ3v) is 2.28. The van der Waals surface area contributed by atoms with E-state index < -0.39 is 11.3 Å². The van der Waals surface area contributed by atoms with Crippen LogP contribution in [0.1, 0.15) is 5.56 Å². The van der Waals surface area contributed by atoms with E-state index in [4.69, 9.17) is 4.55 Å². The molecule has 15 heavy (non-hydrogen) atoms. The summed E-state index contributed by atoms with van der Waals surface area (Å²) in [5.74, 6) is 0. The van der Waals surface area contributed by atoms with Gasteiger partial charge in [0.25, 0.3) is 0 Å². The molecular weight excluding hydrogens is 220 g/mol. The fraction of sp³-hybridized carbons (Fsp3) is 0.143. The van der Waals surface area contributed by atoms with Crippen molar-refractivity contribution >= 4 is 22.3 Å². The summed E-state index contributed by atoms with van der Waals surface area (Å²) in [6.45, 7) is 0.226. The van der Waals surface area contributed by atoms with Gasteiger partial charge in [-0.3, -0.25) is 4.55 Å². The Labute approximate surface area is 87.1 Å². The summed E-state index contributed by atoms with van der Waals surface area (Å²) in [5, 5.41) is 16.3. The van der Waals surface area contributed by atoms with Crippen LogP contribution in [0.3, 0.4) is 0 Å². The molecule has 7 nitrogen and oxygen atoms in total. The maximum atomic E-state index is 10.4. The van der Waals surface area contributed by atoms with Crippen LogP contribution in [0.25, 0.3) is 11.0 Å². The minimum Gasteiger partial charge on any atom is -0.410 e. The lowest BCUT2D eigenvalue weighted by atomic mass is 10.2. The van der Waals surface area contributed by atoms with E-state index in [0.717, 1.165) is 5.56 Å². The first-order valence-electron chi connectivity index (χ1n) is 4.05. The molecule has 3 N–H and O–H groups in total. The summed E-state index contributed by atoms with van der Waals surface area (Å²) >= 11 is -2.05. The van der Waals surface area contributed by atoms with Crippen molar-refractivity contribution in [2.24, 2.45) is 0 Å². The minimum absolute atomic E-state index is 0.226. The van der Waals surface area contributed by atoms with E-state index in [9.17, 15) is 9.42 Å². The van der Waals surface area contributed by atoms with Gasteiger partial charge in [-0.25, -0.2) is 8.93 Å². The molecule has 1 atom stereocenters. The van der Waals surface area contributed by atoms with Crippen LogP contribution in [0.4, 0.5) is 0 Å². The first-order valence-corrected chi connectivity index (χ1v) is 5.15. The lowest BCUT2D eigenvalue weighted by molar-refractivity contribution is 0.154. The minimum atomic E-state index is -2.05. The number of nitrogens with zero attached hydrogens (tertiary/aromatic N) is 3. The molecule has 2 aromatic rings. The number of hydrogen-bond acceptors (Lipinski definition) is 4. The highest BCUT2D eigenvalue weighted by Gasteiger charge is 2.04. The number of nitrogens with one attached hydrogen (secondary N) is 1. The Balaban J connectivity index is 2.29.